The second-order valence-electron chi connectivity index (χ2n) is 7.89. The van der Waals surface area contributed by atoms with Crippen LogP contribution in [-0.2, 0) is 0 Å². The van der Waals surface area contributed by atoms with Crippen LogP contribution in [0.3, 0.4) is 0 Å². The molecule has 1 saturated heterocycles. The Bertz CT molecular complexity index is 1200. The number of ether oxygens (including phenoxy) is 1. The fraction of sp³-hybridized carbons (Fsp3) is 0.240. The van der Waals surface area contributed by atoms with Gasteiger partial charge in [0.2, 0.25) is 5.88 Å². The first-order chi connectivity index (χ1) is 15.7. The molecular weight excluding hydrogens is 405 g/mol. The molecule has 1 aliphatic rings. The minimum atomic E-state index is -0.202. The molecular formula is C25H24FN5O. The van der Waals surface area contributed by atoms with Crippen LogP contribution in [0.5, 0.6) is 11.6 Å². The average Bonchev–Trinajstić information content (AvgIpc) is 2.85. The predicted octanol–water partition coefficient (Wildman–Crippen LogP) is 4.84. The van der Waals surface area contributed by atoms with Crippen molar-refractivity contribution in [2.24, 2.45) is 0 Å². The van der Waals surface area contributed by atoms with Crippen molar-refractivity contribution < 1.29 is 9.13 Å². The molecule has 0 saturated carbocycles. The molecule has 2 aromatic carbocycles. The van der Waals surface area contributed by atoms with Crippen molar-refractivity contribution in [3.63, 3.8) is 0 Å². The number of pyridine rings is 1. The number of anilines is 1. The Hall–Kier alpha value is -3.58. The molecule has 0 amide bonds. The number of fused-ring (bicyclic) bond motifs is 1. The van der Waals surface area contributed by atoms with Crippen LogP contribution in [0.4, 0.5) is 10.2 Å². The molecule has 1 aliphatic heterocycles. The van der Waals surface area contributed by atoms with E-state index in [2.05, 4.69) is 31.7 Å². The average molecular weight is 429 g/mol. The van der Waals surface area contributed by atoms with Gasteiger partial charge in [-0.2, -0.15) is 0 Å². The number of rotatable bonds is 5. The van der Waals surface area contributed by atoms with E-state index >= 15 is 0 Å². The molecule has 2 aromatic heterocycles. The lowest BCUT2D eigenvalue weighted by molar-refractivity contribution is 0.198. The summed E-state index contributed by atoms with van der Waals surface area (Å²) in [6.07, 6.45) is 3.31. The second-order valence-corrected chi connectivity index (χ2v) is 7.89. The van der Waals surface area contributed by atoms with Crippen LogP contribution in [0, 0.1) is 5.82 Å². The Kier molecular flexibility index (Phi) is 5.64. The number of nitrogens with zero attached hydrogens (tertiary/aromatic N) is 5. The summed E-state index contributed by atoms with van der Waals surface area (Å²) < 4.78 is 19.3. The van der Waals surface area contributed by atoms with Crippen molar-refractivity contribution >= 4 is 16.7 Å². The molecule has 4 aromatic rings. The molecule has 32 heavy (non-hydrogen) atoms. The molecule has 0 aliphatic carbocycles. The SMILES string of the molecule is C[C@@H](c1ccc(F)cc1)N1CCN(c2cc(Oc3cccc4ncccc34)ncn2)CC1. The quantitative estimate of drug-likeness (QED) is 0.453. The van der Waals surface area contributed by atoms with Gasteiger partial charge >= 0.3 is 0 Å². The molecule has 1 fully saturated rings. The van der Waals surface area contributed by atoms with E-state index in [1.807, 2.05) is 48.5 Å². The summed E-state index contributed by atoms with van der Waals surface area (Å²) >= 11 is 0. The van der Waals surface area contributed by atoms with Crippen LogP contribution < -0.4 is 9.64 Å². The Morgan fingerprint density at radius 2 is 1.72 bits per heavy atom. The fourth-order valence-electron chi connectivity index (χ4n) is 4.13. The molecule has 0 radical (unpaired) electrons. The van der Waals surface area contributed by atoms with E-state index in [0.29, 0.717) is 5.88 Å². The van der Waals surface area contributed by atoms with E-state index in [4.69, 9.17) is 4.74 Å². The third-order valence-corrected chi connectivity index (χ3v) is 5.99. The van der Waals surface area contributed by atoms with Crippen molar-refractivity contribution in [1.82, 2.24) is 19.9 Å². The van der Waals surface area contributed by atoms with E-state index in [1.165, 1.54) is 12.1 Å². The van der Waals surface area contributed by atoms with Crippen LogP contribution in [0.1, 0.15) is 18.5 Å². The highest BCUT2D eigenvalue weighted by Crippen LogP contribution is 2.29. The summed E-state index contributed by atoms with van der Waals surface area (Å²) in [5.41, 5.74) is 2.01. The van der Waals surface area contributed by atoms with Gasteiger partial charge < -0.3 is 9.64 Å². The number of halogens is 1. The van der Waals surface area contributed by atoms with E-state index in [0.717, 1.165) is 54.2 Å². The summed E-state index contributed by atoms with van der Waals surface area (Å²) in [6, 6.07) is 18.6. The van der Waals surface area contributed by atoms with Gasteiger partial charge in [0, 0.05) is 49.9 Å². The zero-order valence-electron chi connectivity index (χ0n) is 17.9. The Morgan fingerprint density at radius 3 is 2.53 bits per heavy atom. The monoisotopic (exact) mass is 429 g/mol. The lowest BCUT2D eigenvalue weighted by Crippen LogP contribution is -2.47. The molecule has 7 heteroatoms. The molecule has 0 bridgehead atoms. The largest absolute Gasteiger partial charge is 0.438 e. The van der Waals surface area contributed by atoms with Gasteiger partial charge in [-0.25, -0.2) is 14.4 Å². The first-order valence-electron chi connectivity index (χ1n) is 10.8. The van der Waals surface area contributed by atoms with Crippen molar-refractivity contribution in [3.05, 3.63) is 84.6 Å². The second kappa shape index (κ2) is 8.88. The zero-order valence-corrected chi connectivity index (χ0v) is 17.9. The molecule has 5 rings (SSSR count). The van der Waals surface area contributed by atoms with Crippen LogP contribution in [0.15, 0.2) is 73.2 Å². The summed E-state index contributed by atoms with van der Waals surface area (Å²) in [4.78, 5) is 17.8. The lowest BCUT2D eigenvalue weighted by Gasteiger charge is -2.38. The van der Waals surface area contributed by atoms with Crippen LogP contribution in [0.2, 0.25) is 0 Å². The molecule has 3 heterocycles. The first kappa shape index (κ1) is 20.3. The molecule has 162 valence electrons. The number of hydrogen-bond acceptors (Lipinski definition) is 6. The first-order valence-corrected chi connectivity index (χ1v) is 10.8. The highest BCUT2D eigenvalue weighted by atomic mass is 19.1. The van der Waals surface area contributed by atoms with Gasteiger partial charge in [0.15, 0.2) is 0 Å². The summed E-state index contributed by atoms with van der Waals surface area (Å²) in [7, 11) is 0. The number of piperazine rings is 1. The highest BCUT2D eigenvalue weighted by molar-refractivity contribution is 5.85. The summed E-state index contributed by atoms with van der Waals surface area (Å²) in [5.74, 6) is 1.88. The maximum Gasteiger partial charge on any atom is 0.224 e. The Morgan fingerprint density at radius 1 is 0.906 bits per heavy atom. The maximum atomic E-state index is 13.2. The number of hydrogen-bond donors (Lipinski definition) is 0. The van der Waals surface area contributed by atoms with Crippen molar-refractivity contribution in [2.75, 3.05) is 31.1 Å². The van der Waals surface area contributed by atoms with Crippen molar-refractivity contribution in [3.8, 4) is 11.6 Å². The Balaban J connectivity index is 1.27. The maximum absolute atomic E-state index is 13.2. The smallest absolute Gasteiger partial charge is 0.224 e. The lowest BCUT2D eigenvalue weighted by atomic mass is 10.1. The molecule has 6 nitrogen and oxygen atoms in total. The molecule has 0 unspecified atom stereocenters. The fourth-order valence-corrected chi connectivity index (χ4v) is 4.13. The molecule has 1 atom stereocenters. The van der Waals surface area contributed by atoms with E-state index in [9.17, 15) is 4.39 Å². The third kappa shape index (κ3) is 4.24. The van der Waals surface area contributed by atoms with Crippen LogP contribution in [-0.4, -0.2) is 46.0 Å². The van der Waals surface area contributed by atoms with Gasteiger partial charge in [0.1, 0.15) is 23.7 Å². The van der Waals surface area contributed by atoms with Crippen molar-refractivity contribution in [1.29, 1.82) is 0 Å². The topological polar surface area (TPSA) is 54.4 Å². The van der Waals surface area contributed by atoms with E-state index < -0.39 is 0 Å². The van der Waals surface area contributed by atoms with E-state index in [1.54, 1.807) is 12.5 Å². The van der Waals surface area contributed by atoms with Crippen LogP contribution >= 0.6 is 0 Å². The standard InChI is InChI=1S/C25H24FN5O/c1-18(19-7-9-20(26)10-8-19)30-12-14-31(15-13-30)24-16-25(29-17-28-24)32-23-6-2-5-22-21(23)4-3-11-27-22/h2-11,16-18H,12-15H2,1H3/t18-/m0/s1. The number of benzene rings is 2. The third-order valence-electron chi connectivity index (χ3n) is 5.99. The number of aromatic nitrogens is 3. The van der Waals surface area contributed by atoms with Gasteiger partial charge in [-0.15, -0.1) is 0 Å². The van der Waals surface area contributed by atoms with Gasteiger partial charge in [0.05, 0.1) is 5.52 Å². The summed E-state index contributed by atoms with van der Waals surface area (Å²) in [6.45, 7) is 5.65. The van der Waals surface area contributed by atoms with Crippen LogP contribution in [0.25, 0.3) is 10.9 Å². The van der Waals surface area contributed by atoms with Gasteiger partial charge in [-0.3, -0.25) is 9.88 Å². The van der Waals surface area contributed by atoms with Gasteiger partial charge in [-0.05, 0) is 48.9 Å². The molecule has 0 spiro atoms. The zero-order chi connectivity index (χ0) is 21.9. The molecule has 0 N–H and O–H groups in total. The van der Waals surface area contributed by atoms with Gasteiger partial charge in [-0.1, -0.05) is 18.2 Å². The van der Waals surface area contributed by atoms with Crippen molar-refractivity contribution in [2.45, 2.75) is 13.0 Å². The van der Waals surface area contributed by atoms with E-state index in [-0.39, 0.29) is 11.9 Å². The Labute approximate surface area is 186 Å². The minimum Gasteiger partial charge on any atom is -0.438 e. The summed E-state index contributed by atoms with van der Waals surface area (Å²) in [5, 5.41) is 0.943. The highest BCUT2D eigenvalue weighted by Gasteiger charge is 2.23. The van der Waals surface area contributed by atoms with Gasteiger partial charge in [0.25, 0.3) is 0 Å². The normalized spacial score (nSPS) is 15.6. The minimum absolute atomic E-state index is 0.202. The predicted molar refractivity (Wildman–Crippen MR) is 122 cm³/mol.